The van der Waals surface area contributed by atoms with Crippen LogP contribution in [-0.4, -0.2) is 4.98 Å². The van der Waals surface area contributed by atoms with Crippen molar-refractivity contribution in [2.45, 2.75) is 0 Å². The highest BCUT2D eigenvalue weighted by Crippen LogP contribution is 2.31. The maximum Gasteiger partial charge on any atom is 0.132 e. The number of hydrogen-bond donors (Lipinski definition) is 0. The standard InChI is InChI=1S/C9H5FI2N2/c10-7-3-4-8(14(11)12)9-6(7)2-1-5-13-9/h1-5H. The van der Waals surface area contributed by atoms with Gasteiger partial charge in [-0.3, -0.25) is 6.31 Å². The molecule has 1 heterocycles. The Morgan fingerprint density at radius 2 is 2.00 bits per heavy atom. The third kappa shape index (κ3) is 1.79. The Morgan fingerprint density at radius 3 is 2.71 bits per heavy atom. The lowest BCUT2D eigenvalue weighted by atomic mass is 10.2. The van der Waals surface area contributed by atoms with Crippen LogP contribution in [0.3, 0.4) is 0 Å². The first-order valence-corrected chi connectivity index (χ1v) is 5.78. The van der Waals surface area contributed by atoms with Gasteiger partial charge in [-0.25, -0.2) is 4.39 Å². The van der Waals surface area contributed by atoms with Crippen LogP contribution in [0.2, 0.25) is 0 Å². The van der Waals surface area contributed by atoms with Crippen LogP contribution >= 0.6 is 45.7 Å². The second-order valence-electron chi connectivity index (χ2n) is 2.70. The third-order valence-electron chi connectivity index (χ3n) is 1.88. The Morgan fingerprint density at radius 1 is 1.21 bits per heavy atom. The average molecular weight is 414 g/mol. The Balaban J connectivity index is 2.82. The lowest BCUT2D eigenvalue weighted by molar-refractivity contribution is 0.639. The number of halogens is 3. The van der Waals surface area contributed by atoms with Crippen LogP contribution in [0.15, 0.2) is 30.5 Å². The van der Waals surface area contributed by atoms with E-state index in [1.54, 1.807) is 24.4 Å². The summed E-state index contributed by atoms with van der Waals surface area (Å²) in [7, 11) is 0. The summed E-state index contributed by atoms with van der Waals surface area (Å²) >= 11 is 4.25. The van der Waals surface area contributed by atoms with Gasteiger partial charge in [-0.15, -0.1) is 0 Å². The molecule has 0 N–H and O–H groups in total. The Labute approximate surface area is 108 Å². The molecular formula is C9H5FI2N2. The normalized spacial score (nSPS) is 10.5. The number of rotatable bonds is 1. The van der Waals surface area contributed by atoms with Gasteiger partial charge in [0.05, 0.1) is 56.9 Å². The van der Waals surface area contributed by atoms with E-state index in [1.165, 1.54) is 6.07 Å². The fourth-order valence-corrected chi connectivity index (χ4v) is 2.04. The molecule has 0 radical (unpaired) electrons. The van der Waals surface area contributed by atoms with Gasteiger partial charge in [0.2, 0.25) is 0 Å². The molecule has 0 saturated carbocycles. The van der Waals surface area contributed by atoms with E-state index in [0.717, 1.165) is 5.69 Å². The van der Waals surface area contributed by atoms with Gasteiger partial charge in [0.1, 0.15) is 5.82 Å². The van der Waals surface area contributed by atoms with E-state index in [1.807, 2.05) is 1.33 Å². The quantitative estimate of drug-likeness (QED) is 0.521. The van der Waals surface area contributed by atoms with Crippen LogP contribution < -0.4 is 1.33 Å². The number of fused-ring (bicyclic) bond motifs is 1. The molecule has 0 spiro atoms. The second kappa shape index (κ2) is 4.13. The van der Waals surface area contributed by atoms with Gasteiger partial charge in [0.25, 0.3) is 0 Å². The van der Waals surface area contributed by atoms with E-state index < -0.39 is 0 Å². The minimum atomic E-state index is -0.230. The predicted octanol–water partition coefficient (Wildman–Crippen LogP) is 3.88. The predicted molar refractivity (Wildman–Crippen MR) is 72.2 cm³/mol. The zero-order valence-corrected chi connectivity index (χ0v) is 11.2. The van der Waals surface area contributed by atoms with E-state index in [4.69, 9.17) is 0 Å². The molecule has 0 atom stereocenters. The van der Waals surface area contributed by atoms with E-state index in [2.05, 4.69) is 50.7 Å². The molecule has 2 rings (SSSR count). The summed E-state index contributed by atoms with van der Waals surface area (Å²) in [5.41, 5.74) is 1.60. The third-order valence-corrected chi connectivity index (χ3v) is 2.92. The molecule has 0 aliphatic heterocycles. The molecular weight excluding hydrogens is 409 g/mol. The fraction of sp³-hybridized carbons (Fsp3) is 0. The van der Waals surface area contributed by atoms with Crippen LogP contribution in [0.5, 0.6) is 0 Å². The molecule has 0 saturated heterocycles. The monoisotopic (exact) mass is 414 g/mol. The number of nitrogens with zero attached hydrogens (tertiary/aromatic N) is 2. The van der Waals surface area contributed by atoms with Crippen molar-refractivity contribution in [3.8, 4) is 0 Å². The minimum Gasteiger partial charge on any atom is -0.254 e. The summed E-state index contributed by atoms with van der Waals surface area (Å²) in [4.78, 5) is 4.17. The Bertz CT molecular complexity index is 473. The molecule has 0 amide bonds. The summed E-state index contributed by atoms with van der Waals surface area (Å²) in [6.07, 6.45) is 1.67. The van der Waals surface area contributed by atoms with E-state index in [-0.39, 0.29) is 5.82 Å². The molecule has 0 aliphatic carbocycles. The van der Waals surface area contributed by atoms with Crippen molar-refractivity contribution in [1.29, 1.82) is 0 Å². The SMILES string of the molecule is Fc1ccc(N(I)I)c2ncccc12. The molecule has 0 unspecified atom stereocenters. The van der Waals surface area contributed by atoms with Crippen molar-refractivity contribution in [3.63, 3.8) is 0 Å². The van der Waals surface area contributed by atoms with E-state index >= 15 is 0 Å². The molecule has 2 aromatic rings. The van der Waals surface area contributed by atoms with Gasteiger partial charge in [-0.1, -0.05) is 0 Å². The topological polar surface area (TPSA) is 16.1 Å². The fourth-order valence-electron chi connectivity index (χ4n) is 1.26. The highest BCUT2D eigenvalue weighted by molar-refractivity contribution is 14.2. The summed E-state index contributed by atoms with van der Waals surface area (Å²) in [6.45, 7) is 0. The molecule has 72 valence electrons. The second-order valence-corrected chi connectivity index (χ2v) is 6.47. The summed E-state index contributed by atoms with van der Waals surface area (Å²) in [5.74, 6) is -0.230. The first-order valence-electron chi connectivity index (χ1n) is 3.85. The molecule has 5 heteroatoms. The van der Waals surface area contributed by atoms with Crippen LogP contribution in [0.4, 0.5) is 10.1 Å². The Kier molecular flexibility index (Phi) is 3.05. The van der Waals surface area contributed by atoms with Crippen LogP contribution in [-0.2, 0) is 0 Å². The van der Waals surface area contributed by atoms with Crippen molar-refractivity contribution in [2.75, 3.05) is 1.33 Å². The number of benzene rings is 1. The number of anilines is 1. The van der Waals surface area contributed by atoms with Crippen molar-refractivity contribution >= 4 is 62.3 Å². The van der Waals surface area contributed by atoms with Crippen molar-refractivity contribution in [1.82, 2.24) is 4.98 Å². The van der Waals surface area contributed by atoms with Gasteiger partial charge in [-0.05, 0) is 24.3 Å². The maximum absolute atomic E-state index is 13.4. The van der Waals surface area contributed by atoms with E-state index in [0.29, 0.717) is 10.9 Å². The molecule has 0 aliphatic rings. The first-order chi connectivity index (χ1) is 6.70. The van der Waals surface area contributed by atoms with Crippen LogP contribution in [0, 0.1) is 5.82 Å². The van der Waals surface area contributed by atoms with Crippen molar-refractivity contribution in [2.24, 2.45) is 0 Å². The van der Waals surface area contributed by atoms with Crippen molar-refractivity contribution in [3.05, 3.63) is 36.3 Å². The van der Waals surface area contributed by atoms with E-state index in [9.17, 15) is 4.39 Å². The van der Waals surface area contributed by atoms with Crippen LogP contribution in [0.1, 0.15) is 0 Å². The van der Waals surface area contributed by atoms with Gasteiger partial charge < -0.3 is 0 Å². The largest absolute Gasteiger partial charge is 0.254 e. The minimum absolute atomic E-state index is 0.230. The lowest BCUT2D eigenvalue weighted by Crippen LogP contribution is -1.94. The number of hydrogen-bond acceptors (Lipinski definition) is 2. The smallest absolute Gasteiger partial charge is 0.132 e. The van der Waals surface area contributed by atoms with Crippen molar-refractivity contribution < 1.29 is 4.39 Å². The van der Waals surface area contributed by atoms with Gasteiger partial charge >= 0.3 is 0 Å². The lowest BCUT2D eigenvalue weighted by Gasteiger charge is -2.09. The van der Waals surface area contributed by atoms with Crippen LogP contribution in [0.25, 0.3) is 10.9 Å². The number of pyridine rings is 1. The molecule has 0 bridgehead atoms. The molecule has 0 fully saturated rings. The van der Waals surface area contributed by atoms with Gasteiger partial charge in [0, 0.05) is 11.6 Å². The zero-order valence-electron chi connectivity index (χ0n) is 6.92. The summed E-state index contributed by atoms with van der Waals surface area (Å²) in [6, 6.07) is 6.66. The Hall–Kier alpha value is -0.180. The molecule has 14 heavy (non-hydrogen) atoms. The highest BCUT2D eigenvalue weighted by Gasteiger charge is 2.08. The first kappa shape index (κ1) is 10.3. The maximum atomic E-state index is 13.4. The molecule has 1 aromatic carbocycles. The molecule has 2 nitrogen and oxygen atoms in total. The van der Waals surface area contributed by atoms with Gasteiger partial charge in [-0.2, -0.15) is 0 Å². The number of aromatic nitrogens is 1. The molecule has 1 aromatic heterocycles. The summed E-state index contributed by atoms with van der Waals surface area (Å²) in [5, 5.41) is 0.559. The van der Waals surface area contributed by atoms with Gasteiger partial charge in [0.15, 0.2) is 0 Å². The summed E-state index contributed by atoms with van der Waals surface area (Å²) < 4.78 is 15.2. The average Bonchev–Trinajstić information content (AvgIpc) is 2.18. The zero-order chi connectivity index (χ0) is 10.1. The highest BCUT2D eigenvalue weighted by atomic mass is 127.